The van der Waals surface area contributed by atoms with Crippen molar-refractivity contribution in [2.45, 2.75) is 31.7 Å². The van der Waals surface area contributed by atoms with E-state index >= 15 is 0 Å². The zero-order valence-electron chi connectivity index (χ0n) is 30.3. The largest absolute Gasteiger partial charge is 0.454 e. The molecule has 1 atom stereocenters. The number of hydrogen-bond acceptors (Lipinski definition) is 4. The molecule has 1 aliphatic heterocycles. The van der Waals surface area contributed by atoms with E-state index in [1.807, 2.05) is 11.3 Å². The van der Waals surface area contributed by atoms with Gasteiger partial charge in [-0.2, -0.15) is 0 Å². The van der Waals surface area contributed by atoms with Crippen LogP contribution in [0.25, 0.3) is 78.9 Å². The molecule has 12 rings (SSSR count). The summed E-state index contributed by atoms with van der Waals surface area (Å²) in [4.78, 5) is 9.20. The van der Waals surface area contributed by atoms with E-state index < -0.39 is 0 Å². The van der Waals surface area contributed by atoms with Crippen molar-refractivity contribution in [3.8, 4) is 28.2 Å². The molecule has 262 valence electrons. The van der Waals surface area contributed by atoms with Gasteiger partial charge in [0, 0.05) is 48.3 Å². The Bertz CT molecular complexity index is 3200. The number of para-hydroxylation sites is 5. The van der Waals surface area contributed by atoms with E-state index in [-0.39, 0.29) is 5.54 Å². The third kappa shape index (κ3) is 4.36. The number of benzene rings is 6. The first kappa shape index (κ1) is 31.0. The number of nitrogens with zero attached hydrogens (tertiary/aromatic N) is 3. The number of furan rings is 1. The van der Waals surface area contributed by atoms with Crippen LogP contribution >= 0.6 is 11.3 Å². The minimum absolute atomic E-state index is 0.254. The van der Waals surface area contributed by atoms with Gasteiger partial charge >= 0.3 is 0 Å². The van der Waals surface area contributed by atoms with E-state index in [1.54, 1.807) is 0 Å². The lowest BCUT2D eigenvalue weighted by molar-refractivity contribution is 0.611. The molecule has 0 fully saturated rings. The predicted octanol–water partition coefficient (Wildman–Crippen LogP) is 11.6. The summed E-state index contributed by atoms with van der Waals surface area (Å²) in [6, 6.07) is 49.8. The number of fused-ring (bicyclic) bond motifs is 10. The van der Waals surface area contributed by atoms with E-state index in [0.29, 0.717) is 0 Å². The van der Waals surface area contributed by atoms with E-state index in [4.69, 9.17) is 9.40 Å². The lowest BCUT2D eigenvalue weighted by atomic mass is 9.83. The summed E-state index contributed by atoms with van der Waals surface area (Å²) in [6.07, 6.45) is 10.4. The number of imidazole rings is 1. The molecule has 2 aliphatic carbocycles. The average Bonchev–Trinajstić information content (AvgIpc) is 3.98. The number of allylic oxidation sites excluding steroid dienone is 1. The average molecular weight is 726 g/mol. The molecule has 0 saturated heterocycles. The summed E-state index contributed by atoms with van der Waals surface area (Å²) in [5.74, 6) is 0.928. The first-order chi connectivity index (χ1) is 27.2. The van der Waals surface area contributed by atoms with Crippen molar-refractivity contribution < 1.29 is 4.42 Å². The molecule has 0 saturated carbocycles. The lowest BCUT2D eigenvalue weighted by Crippen LogP contribution is -2.46. The zero-order chi connectivity index (χ0) is 36.3. The van der Waals surface area contributed by atoms with Crippen LogP contribution in [0.15, 0.2) is 150 Å². The Kier molecular flexibility index (Phi) is 6.50. The number of anilines is 2. The Labute approximate surface area is 322 Å². The molecule has 0 amide bonds. The SMILES string of the molecule is CC12CC=c3c4c(sc3=C1c1ccccc1N2c1cccc2c1oc1cccc(-c3ccc(-c5nc6ccccc6n5-c5ccccc5)cc3)c12)CCC=C4. The summed E-state index contributed by atoms with van der Waals surface area (Å²) in [6.45, 7) is 2.43. The van der Waals surface area contributed by atoms with Crippen LogP contribution < -0.4 is 14.7 Å². The van der Waals surface area contributed by atoms with Crippen LogP contribution in [-0.2, 0) is 6.42 Å². The molecule has 0 spiro atoms. The highest BCUT2D eigenvalue weighted by Crippen LogP contribution is 2.54. The summed E-state index contributed by atoms with van der Waals surface area (Å²) in [7, 11) is 0. The van der Waals surface area contributed by atoms with Crippen LogP contribution in [0.2, 0.25) is 0 Å². The maximum absolute atomic E-state index is 6.94. The van der Waals surface area contributed by atoms with Gasteiger partial charge < -0.3 is 9.32 Å². The van der Waals surface area contributed by atoms with Crippen molar-refractivity contribution in [2.24, 2.45) is 0 Å². The van der Waals surface area contributed by atoms with Gasteiger partial charge in [-0.1, -0.05) is 115 Å². The Hall–Kier alpha value is -6.43. The number of rotatable bonds is 4. The second kappa shape index (κ2) is 11.5. The number of aryl methyl sites for hydroxylation is 1. The lowest BCUT2D eigenvalue weighted by Gasteiger charge is -2.38. The Balaban J connectivity index is 1.00. The van der Waals surface area contributed by atoms with E-state index in [1.165, 1.54) is 37.0 Å². The van der Waals surface area contributed by atoms with Crippen LogP contribution in [0, 0.1) is 0 Å². The van der Waals surface area contributed by atoms with Gasteiger partial charge in [0.05, 0.1) is 22.3 Å². The third-order valence-corrected chi connectivity index (χ3v) is 13.3. The van der Waals surface area contributed by atoms with Crippen molar-refractivity contribution >= 4 is 73.4 Å². The molecular formula is C50H35N3OS. The molecule has 5 heteroatoms. The molecule has 1 unspecified atom stereocenters. The zero-order valence-corrected chi connectivity index (χ0v) is 31.1. The van der Waals surface area contributed by atoms with Crippen molar-refractivity contribution in [1.29, 1.82) is 0 Å². The molecule has 6 aromatic carbocycles. The summed E-state index contributed by atoms with van der Waals surface area (Å²) >= 11 is 2.01. The molecule has 4 heterocycles. The van der Waals surface area contributed by atoms with E-state index in [0.717, 1.165) is 86.1 Å². The smallest absolute Gasteiger partial charge is 0.159 e. The number of thiophene rings is 1. The topological polar surface area (TPSA) is 34.2 Å². The Morgan fingerprint density at radius 2 is 1.49 bits per heavy atom. The molecule has 9 aromatic rings. The van der Waals surface area contributed by atoms with E-state index in [9.17, 15) is 0 Å². The van der Waals surface area contributed by atoms with Crippen LogP contribution in [0.1, 0.15) is 35.8 Å². The summed E-state index contributed by atoms with van der Waals surface area (Å²) in [5.41, 5.74) is 14.7. The maximum Gasteiger partial charge on any atom is 0.159 e. The third-order valence-electron chi connectivity index (χ3n) is 12.0. The Morgan fingerprint density at radius 1 is 0.727 bits per heavy atom. The maximum atomic E-state index is 6.94. The van der Waals surface area contributed by atoms with Gasteiger partial charge in [-0.3, -0.25) is 4.57 Å². The van der Waals surface area contributed by atoms with Gasteiger partial charge in [0.2, 0.25) is 0 Å². The van der Waals surface area contributed by atoms with Gasteiger partial charge in [0.25, 0.3) is 0 Å². The highest BCUT2D eigenvalue weighted by atomic mass is 32.1. The fraction of sp³-hybridized carbons (Fsp3) is 0.100. The first-order valence-electron chi connectivity index (χ1n) is 19.2. The number of hydrogen-bond donors (Lipinski definition) is 0. The van der Waals surface area contributed by atoms with Gasteiger partial charge in [-0.05, 0) is 90.6 Å². The Morgan fingerprint density at radius 3 is 2.40 bits per heavy atom. The van der Waals surface area contributed by atoms with Gasteiger partial charge in [-0.25, -0.2) is 4.98 Å². The van der Waals surface area contributed by atoms with Gasteiger partial charge in [-0.15, -0.1) is 11.3 Å². The quantitative estimate of drug-likeness (QED) is 0.181. The van der Waals surface area contributed by atoms with Crippen LogP contribution in [0.4, 0.5) is 11.4 Å². The first-order valence-corrected chi connectivity index (χ1v) is 20.0. The van der Waals surface area contributed by atoms with Crippen LogP contribution in [-0.4, -0.2) is 15.1 Å². The van der Waals surface area contributed by atoms with E-state index in [2.05, 4.69) is 174 Å². The molecule has 0 radical (unpaired) electrons. The standard InChI is InChI=1S/C50H35N3OS/c1-50-30-29-36-35-15-6-10-24-44(35)55-48(36)46(50)37-16-5-8-20-40(37)53(50)42-22-11-18-38-45-34(17-12-23-43(45)54-47(38)42)31-25-27-32(28-26-31)49-51-39-19-7-9-21-41(39)52(49)33-13-3-2-4-14-33/h2-9,11-23,25-29H,10,24,30H2,1H3. The molecule has 3 aliphatic rings. The fourth-order valence-electron chi connectivity index (χ4n) is 9.59. The van der Waals surface area contributed by atoms with Crippen LogP contribution in [0.5, 0.6) is 0 Å². The van der Waals surface area contributed by atoms with Gasteiger partial charge in [0.15, 0.2) is 5.58 Å². The highest BCUT2D eigenvalue weighted by Gasteiger charge is 2.47. The summed E-state index contributed by atoms with van der Waals surface area (Å²) in [5, 5.41) is 3.69. The summed E-state index contributed by atoms with van der Waals surface area (Å²) < 4.78 is 10.6. The molecule has 4 nitrogen and oxygen atoms in total. The monoisotopic (exact) mass is 725 g/mol. The molecule has 0 bridgehead atoms. The minimum atomic E-state index is -0.254. The minimum Gasteiger partial charge on any atom is -0.454 e. The van der Waals surface area contributed by atoms with Crippen molar-refractivity contribution in [3.05, 3.63) is 171 Å². The number of aromatic nitrogens is 2. The van der Waals surface area contributed by atoms with Crippen LogP contribution in [0.3, 0.4) is 0 Å². The van der Waals surface area contributed by atoms with Crippen molar-refractivity contribution in [2.75, 3.05) is 4.90 Å². The molecule has 55 heavy (non-hydrogen) atoms. The second-order valence-corrected chi connectivity index (χ2v) is 16.2. The highest BCUT2D eigenvalue weighted by molar-refractivity contribution is 7.10. The normalized spacial score (nSPS) is 17.0. The van der Waals surface area contributed by atoms with Gasteiger partial charge in [0.1, 0.15) is 11.4 Å². The predicted molar refractivity (Wildman–Crippen MR) is 229 cm³/mol. The molecule has 0 N–H and O–H groups in total. The second-order valence-electron chi connectivity index (χ2n) is 15.1. The molecule has 3 aromatic heterocycles. The molecular weight excluding hydrogens is 691 g/mol. The fourth-order valence-corrected chi connectivity index (χ4v) is 11.1. The van der Waals surface area contributed by atoms with Crippen molar-refractivity contribution in [1.82, 2.24) is 9.55 Å². The van der Waals surface area contributed by atoms with Crippen molar-refractivity contribution in [3.63, 3.8) is 0 Å².